The Hall–Kier alpha value is -1.20. The molecule has 0 aliphatic rings. The number of nitrogens with one attached hydrogen (secondary N) is 2. The molecule has 4 nitrogen and oxygen atoms in total. The minimum absolute atomic E-state index is 0.0244. The van der Waals surface area contributed by atoms with E-state index in [2.05, 4.69) is 36.4 Å². The lowest BCUT2D eigenvalue weighted by Gasteiger charge is -2.22. The molecule has 1 aromatic heterocycles. The minimum atomic E-state index is -0.323. The van der Waals surface area contributed by atoms with Gasteiger partial charge in [0.25, 0.3) is 0 Å². The molecular formula is C14H24FN3O. The first-order chi connectivity index (χ1) is 8.81. The minimum Gasteiger partial charge on any atom is -0.380 e. The van der Waals surface area contributed by atoms with Gasteiger partial charge in [0.1, 0.15) is 11.6 Å². The van der Waals surface area contributed by atoms with Crippen LogP contribution in [0.5, 0.6) is 0 Å². The van der Waals surface area contributed by atoms with Crippen LogP contribution >= 0.6 is 0 Å². The fourth-order valence-corrected chi connectivity index (χ4v) is 1.46. The maximum atomic E-state index is 13.3. The van der Waals surface area contributed by atoms with E-state index in [0.717, 1.165) is 5.56 Å². The van der Waals surface area contributed by atoms with E-state index in [1.54, 1.807) is 7.11 Å². The third kappa shape index (κ3) is 5.98. The molecule has 0 aromatic carbocycles. The summed E-state index contributed by atoms with van der Waals surface area (Å²) >= 11 is 0. The Balaban J connectivity index is 2.74. The maximum Gasteiger partial charge on any atom is 0.141 e. The summed E-state index contributed by atoms with van der Waals surface area (Å²) in [5, 5.41) is 6.51. The number of anilines is 1. The van der Waals surface area contributed by atoms with Crippen molar-refractivity contribution in [2.45, 2.75) is 45.9 Å². The molecule has 5 heteroatoms. The van der Waals surface area contributed by atoms with Crippen molar-refractivity contribution in [1.29, 1.82) is 0 Å². The van der Waals surface area contributed by atoms with Gasteiger partial charge in [-0.2, -0.15) is 0 Å². The van der Waals surface area contributed by atoms with Crippen LogP contribution in [-0.2, 0) is 11.3 Å². The summed E-state index contributed by atoms with van der Waals surface area (Å²) in [6.45, 7) is 9.37. The molecule has 1 unspecified atom stereocenters. The van der Waals surface area contributed by atoms with Crippen LogP contribution in [0.15, 0.2) is 12.3 Å². The molecule has 0 bridgehead atoms. The summed E-state index contributed by atoms with van der Waals surface area (Å²) in [6.07, 6.45) is 1.30. The topological polar surface area (TPSA) is 46.2 Å². The summed E-state index contributed by atoms with van der Waals surface area (Å²) in [6, 6.07) is 1.51. The zero-order chi connectivity index (χ0) is 14.5. The highest BCUT2D eigenvalue weighted by atomic mass is 19.1. The standard InChI is InChI=1S/C14H24FN3O/c1-10(19-5)7-16-13-11(6-12(15)9-17-13)8-18-14(2,3)4/h6,9-10,18H,7-8H2,1-5H3,(H,16,17). The summed E-state index contributed by atoms with van der Waals surface area (Å²) in [7, 11) is 1.66. The van der Waals surface area contributed by atoms with E-state index >= 15 is 0 Å². The molecule has 0 spiro atoms. The number of ether oxygens (including phenoxy) is 1. The monoisotopic (exact) mass is 269 g/mol. The number of halogens is 1. The maximum absolute atomic E-state index is 13.3. The van der Waals surface area contributed by atoms with Gasteiger partial charge < -0.3 is 15.4 Å². The number of nitrogens with zero attached hydrogens (tertiary/aromatic N) is 1. The van der Waals surface area contributed by atoms with Gasteiger partial charge in [-0.3, -0.25) is 0 Å². The van der Waals surface area contributed by atoms with Crippen molar-refractivity contribution in [3.8, 4) is 0 Å². The number of aromatic nitrogens is 1. The third-order valence-electron chi connectivity index (χ3n) is 2.70. The number of pyridine rings is 1. The molecular weight excluding hydrogens is 245 g/mol. The van der Waals surface area contributed by atoms with Crippen molar-refractivity contribution in [1.82, 2.24) is 10.3 Å². The van der Waals surface area contributed by atoms with Gasteiger partial charge in [0, 0.05) is 31.3 Å². The van der Waals surface area contributed by atoms with Crippen molar-refractivity contribution in [2.24, 2.45) is 0 Å². The van der Waals surface area contributed by atoms with Crippen molar-refractivity contribution >= 4 is 5.82 Å². The molecule has 0 saturated carbocycles. The molecule has 0 amide bonds. The fourth-order valence-electron chi connectivity index (χ4n) is 1.46. The Morgan fingerprint density at radius 2 is 2.11 bits per heavy atom. The number of methoxy groups -OCH3 is 1. The summed E-state index contributed by atoms with van der Waals surface area (Å²) in [5.41, 5.74) is 0.793. The van der Waals surface area contributed by atoms with Crippen molar-refractivity contribution in [3.05, 3.63) is 23.6 Å². The van der Waals surface area contributed by atoms with Crippen LogP contribution in [0.25, 0.3) is 0 Å². The van der Waals surface area contributed by atoms with Gasteiger partial charge in [0.05, 0.1) is 12.3 Å². The van der Waals surface area contributed by atoms with Crippen molar-refractivity contribution < 1.29 is 9.13 Å². The number of hydrogen-bond acceptors (Lipinski definition) is 4. The molecule has 2 N–H and O–H groups in total. The van der Waals surface area contributed by atoms with E-state index < -0.39 is 0 Å². The lowest BCUT2D eigenvalue weighted by molar-refractivity contribution is 0.128. The van der Waals surface area contributed by atoms with Crippen LogP contribution in [0, 0.1) is 5.82 Å². The third-order valence-corrected chi connectivity index (χ3v) is 2.70. The molecule has 1 heterocycles. The predicted octanol–water partition coefficient (Wildman–Crippen LogP) is 2.56. The average Bonchev–Trinajstić information content (AvgIpc) is 2.33. The van der Waals surface area contributed by atoms with Crippen LogP contribution in [0.4, 0.5) is 10.2 Å². The second kappa shape index (κ2) is 6.82. The number of rotatable bonds is 6. The average molecular weight is 269 g/mol. The second-order valence-electron chi connectivity index (χ2n) is 5.69. The summed E-state index contributed by atoms with van der Waals surface area (Å²) in [4.78, 5) is 4.10. The van der Waals surface area contributed by atoms with E-state index in [-0.39, 0.29) is 17.5 Å². The zero-order valence-electron chi connectivity index (χ0n) is 12.4. The molecule has 1 aromatic rings. The lowest BCUT2D eigenvalue weighted by Crippen LogP contribution is -2.35. The van der Waals surface area contributed by atoms with Crippen LogP contribution in [0.2, 0.25) is 0 Å². The summed E-state index contributed by atoms with van der Waals surface area (Å²) < 4.78 is 18.5. The largest absolute Gasteiger partial charge is 0.380 e. The SMILES string of the molecule is COC(C)CNc1ncc(F)cc1CNC(C)(C)C. The first-order valence-electron chi connectivity index (χ1n) is 6.48. The highest BCUT2D eigenvalue weighted by Crippen LogP contribution is 2.15. The van der Waals surface area contributed by atoms with E-state index in [4.69, 9.17) is 4.74 Å². The normalized spacial score (nSPS) is 13.4. The molecule has 0 radical (unpaired) electrons. The molecule has 0 saturated heterocycles. The van der Waals surface area contributed by atoms with E-state index in [1.165, 1.54) is 12.3 Å². The Labute approximate surface area is 114 Å². The van der Waals surface area contributed by atoms with Crippen molar-refractivity contribution in [3.63, 3.8) is 0 Å². The molecule has 1 atom stereocenters. The van der Waals surface area contributed by atoms with E-state index in [0.29, 0.717) is 18.9 Å². The van der Waals surface area contributed by atoms with E-state index in [9.17, 15) is 4.39 Å². The Morgan fingerprint density at radius 3 is 2.68 bits per heavy atom. The first kappa shape index (κ1) is 15.9. The van der Waals surface area contributed by atoms with Gasteiger partial charge in [-0.1, -0.05) is 0 Å². The molecule has 1 rings (SSSR count). The van der Waals surface area contributed by atoms with Gasteiger partial charge in [-0.25, -0.2) is 9.37 Å². The zero-order valence-corrected chi connectivity index (χ0v) is 12.4. The molecule has 19 heavy (non-hydrogen) atoms. The summed E-state index contributed by atoms with van der Waals surface area (Å²) in [5.74, 6) is 0.373. The van der Waals surface area contributed by atoms with Gasteiger partial charge in [0.2, 0.25) is 0 Å². The van der Waals surface area contributed by atoms with Crippen molar-refractivity contribution in [2.75, 3.05) is 19.0 Å². The molecule has 0 fully saturated rings. The first-order valence-corrected chi connectivity index (χ1v) is 6.48. The lowest BCUT2D eigenvalue weighted by atomic mass is 10.1. The van der Waals surface area contributed by atoms with Gasteiger partial charge in [-0.05, 0) is 33.8 Å². The van der Waals surface area contributed by atoms with Gasteiger partial charge >= 0.3 is 0 Å². The Kier molecular flexibility index (Phi) is 5.69. The highest BCUT2D eigenvalue weighted by molar-refractivity contribution is 5.44. The van der Waals surface area contributed by atoms with Gasteiger partial charge in [-0.15, -0.1) is 0 Å². The van der Waals surface area contributed by atoms with Crippen LogP contribution < -0.4 is 10.6 Å². The Bertz CT molecular complexity index is 404. The van der Waals surface area contributed by atoms with Gasteiger partial charge in [0.15, 0.2) is 0 Å². The predicted molar refractivity (Wildman–Crippen MR) is 75.7 cm³/mol. The van der Waals surface area contributed by atoms with Crippen LogP contribution in [0.3, 0.4) is 0 Å². The van der Waals surface area contributed by atoms with Crippen LogP contribution in [-0.4, -0.2) is 30.3 Å². The second-order valence-corrected chi connectivity index (χ2v) is 5.69. The Morgan fingerprint density at radius 1 is 1.42 bits per heavy atom. The quantitative estimate of drug-likeness (QED) is 0.833. The molecule has 108 valence electrons. The smallest absolute Gasteiger partial charge is 0.141 e. The molecule has 0 aliphatic heterocycles. The fraction of sp³-hybridized carbons (Fsp3) is 0.643. The van der Waals surface area contributed by atoms with Crippen LogP contribution in [0.1, 0.15) is 33.3 Å². The van der Waals surface area contributed by atoms with E-state index in [1.807, 2.05) is 6.92 Å². The highest BCUT2D eigenvalue weighted by Gasteiger charge is 2.12. The molecule has 0 aliphatic carbocycles. The number of hydrogen-bond donors (Lipinski definition) is 2.